The fourth-order valence-corrected chi connectivity index (χ4v) is 4.04. The molecule has 148 valence electrons. The van der Waals surface area contributed by atoms with Gasteiger partial charge < -0.3 is 9.47 Å². The van der Waals surface area contributed by atoms with E-state index >= 15 is 0 Å². The van der Waals surface area contributed by atoms with Crippen LogP contribution in [0.1, 0.15) is 90.9 Å². The number of benzene rings is 1. The van der Waals surface area contributed by atoms with E-state index in [2.05, 4.69) is 13.8 Å². The van der Waals surface area contributed by atoms with Gasteiger partial charge >= 0.3 is 0 Å². The maximum Gasteiger partial charge on any atom is 0.119 e. The predicted octanol–water partition coefficient (Wildman–Crippen LogP) is 7.41. The van der Waals surface area contributed by atoms with Gasteiger partial charge in [-0.05, 0) is 55.4 Å². The van der Waals surface area contributed by atoms with Crippen LogP contribution < -0.4 is 9.47 Å². The van der Waals surface area contributed by atoms with Crippen LogP contribution in [-0.4, -0.2) is 13.2 Å². The highest BCUT2D eigenvalue weighted by atomic mass is 16.5. The van der Waals surface area contributed by atoms with Crippen molar-refractivity contribution >= 4 is 0 Å². The second-order valence-corrected chi connectivity index (χ2v) is 8.05. The van der Waals surface area contributed by atoms with Gasteiger partial charge in [0.2, 0.25) is 0 Å². The molecule has 1 aliphatic rings. The summed E-state index contributed by atoms with van der Waals surface area (Å²) in [7, 11) is 0. The second-order valence-electron chi connectivity index (χ2n) is 8.05. The maximum atomic E-state index is 5.91. The molecular formula is C24H40O2. The Morgan fingerprint density at radius 1 is 0.654 bits per heavy atom. The molecule has 1 aromatic rings. The first-order valence-corrected chi connectivity index (χ1v) is 11.2. The van der Waals surface area contributed by atoms with E-state index < -0.39 is 0 Å². The lowest BCUT2D eigenvalue weighted by Crippen LogP contribution is -2.15. The average molecular weight is 361 g/mol. The zero-order valence-corrected chi connectivity index (χ0v) is 17.2. The Hall–Kier alpha value is -1.18. The summed E-state index contributed by atoms with van der Waals surface area (Å²) in [6, 6.07) is 8.12. The number of ether oxygens (including phenoxy) is 2. The molecule has 1 fully saturated rings. The molecule has 0 saturated heterocycles. The van der Waals surface area contributed by atoms with Crippen molar-refractivity contribution in [2.45, 2.75) is 90.9 Å². The van der Waals surface area contributed by atoms with Crippen LogP contribution >= 0.6 is 0 Å². The maximum absolute atomic E-state index is 5.91. The summed E-state index contributed by atoms with van der Waals surface area (Å²) in [5.41, 5.74) is 0. The Morgan fingerprint density at radius 3 is 1.62 bits per heavy atom. The van der Waals surface area contributed by atoms with Gasteiger partial charge in [-0.1, -0.05) is 71.6 Å². The molecule has 0 amide bonds. The molecule has 0 bridgehead atoms. The first-order valence-electron chi connectivity index (χ1n) is 11.2. The van der Waals surface area contributed by atoms with Gasteiger partial charge in [-0.3, -0.25) is 0 Å². The predicted molar refractivity (Wildman–Crippen MR) is 111 cm³/mol. The van der Waals surface area contributed by atoms with E-state index in [-0.39, 0.29) is 0 Å². The fraction of sp³-hybridized carbons (Fsp3) is 0.750. The van der Waals surface area contributed by atoms with E-state index in [1.165, 1.54) is 70.6 Å². The Labute approximate surface area is 161 Å². The summed E-state index contributed by atoms with van der Waals surface area (Å²) in [6.45, 7) is 6.17. The minimum atomic E-state index is 0.814. The minimum Gasteiger partial charge on any atom is -0.494 e. The van der Waals surface area contributed by atoms with Crippen molar-refractivity contribution in [3.05, 3.63) is 24.3 Å². The number of hydrogen-bond acceptors (Lipinski definition) is 2. The zero-order valence-electron chi connectivity index (χ0n) is 17.2. The normalized spacial score (nSPS) is 20.1. The lowest BCUT2D eigenvalue weighted by molar-refractivity contribution is 0.228. The van der Waals surface area contributed by atoms with Gasteiger partial charge in [0.1, 0.15) is 11.5 Å². The smallest absolute Gasteiger partial charge is 0.119 e. The van der Waals surface area contributed by atoms with Crippen LogP contribution in [0, 0.1) is 11.8 Å². The molecular weight excluding hydrogens is 320 g/mol. The zero-order chi connectivity index (χ0) is 18.5. The van der Waals surface area contributed by atoms with Crippen LogP contribution in [0.2, 0.25) is 0 Å². The highest BCUT2D eigenvalue weighted by Gasteiger charge is 2.20. The van der Waals surface area contributed by atoms with Crippen molar-refractivity contribution in [2.24, 2.45) is 11.8 Å². The van der Waals surface area contributed by atoms with Gasteiger partial charge in [0, 0.05) is 0 Å². The van der Waals surface area contributed by atoms with Gasteiger partial charge in [-0.2, -0.15) is 0 Å². The van der Waals surface area contributed by atoms with Crippen molar-refractivity contribution < 1.29 is 9.47 Å². The van der Waals surface area contributed by atoms with E-state index in [0.29, 0.717) is 0 Å². The second kappa shape index (κ2) is 13.1. The Morgan fingerprint density at radius 2 is 1.12 bits per heavy atom. The van der Waals surface area contributed by atoms with E-state index in [1.807, 2.05) is 24.3 Å². The van der Waals surface area contributed by atoms with Crippen LogP contribution in [0.3, 0.4) is 0 Å². The third kappa shape index (κ3) is 8.47. The molecule has 2 nitrogen and oxygen atoms in total. The Bertz CT molecular complexity index is 446. The molecule has 1 aromatic carbocycles. The molecule has 2 rings (SSSR count). The summed E-state index contributed by atoms with van der Waals surface area (Å²) in [4.78, 5) is 0. The third-order valence-corrected chi connectivity index (χ3v) is 5.80. The Kier molecular flexibility index (Phi) is 10.6. The van der Waals surface area contributed by atoms with Crippen molar-refractivity contribution in [1.29, 1.82) is 0 Å². The van der Waals surface area contributed by atoms with Crippen molar-refractivity contribution in [3.63, 3.8) is 0 Å². The van der Waals surface area contributed by atoms with E-state index in [0.717, 1.165) is 43.0 Å². The number of hydrogen-bond donors (Lipinski definition) is 0. The largest absolute Gasteiger partial charge is 0.494 e. The SMILES string of the molecule is CCCCCOc1ccc(OCCCC2CCC(CCCC)CC2)cc1. The highest BCUT2D eigenvalue weighted by molar-refractivity contribution is 5.31. The van der Waals surface area contributed by atoms with Crippen molar-refractivity contribution in [1.82, 2.24) is 0 Å². The lowest BCUT2D eigenvalue weighted by Gasteiger charge is -2.28. The molecule has 0 radical (unpaired) electrons. The van der Waals surface area contributed by atoms with Gasteiger partial charge in [0.05, 0.1) is 13.2 Å². The van der Waals surface area contributed by atoms with Gasteiger partial charge in [-0.15, -0.1) is 0 Å². The molecule has 0 unspecified atom stereocenters. The molecule has 1 saturated carbocycles. The summed E-state index contributed by atoms with van der Waals surface area (Å²) in [5, 5.41) is 0. The summed E-state index contributed by atoms with van der Waals surface area (Å²) in [6.07, 6.45) is 16.2. The van der Waals surface area contributed by atoms with Crippen LogP contribution in [0.15, 0.2) is 24.3 Å². The van der Waals surface area contributed by atoms with Gasteiger partial charge in [0.25, 0.3) is 0 Å². The lowest BCUT2D eigenvalue weighted by atomic mass is 9.78. The van der Waals surface area contributed by atoms with Crippen molar-refractivity contribution in [2.75, 3.05) is 13.2 Å². The van der Waals surface area contributed by atoms with E-state index in [1.54, 1.807) is 0 Å². The molecule has 0 N–H and O–H groups in total. The first kappa shape index (κ1) is 21.1. The monoisotopic (exact) mass is 360 g/mol. The average Bonchev–Trinajstić information content (AvgIpc) is 2.69. The summed E-state index contributed by atoms with van der Waals surface area (Å²) in [5.74, 6) is 3.88. The fourth-order valence-electron chi connectivity index (χ4n) is 4.04. The summed E-state index contributed by atoms with van der Waals surface area (Å²) >= 11 is 0. The first-order chi connectivity index (χ1) is 12.8. The molecule has 0 spiro atoms. The molecule has 26 heavy (non-hydrogen) atoms. The highest BCUT2D eigenvalue weighted by Crippen LogP contribution is 2.34. The van der Waals surface area contributed by atoms with E-state index in [9.17, 15) is 0 Å². The molecule has 0 atom stereocenters. The molecule has 2 heteroatoms. The van der Waals surface area contributed by atoms with Crippen molar-refractivity contribution in [3.8, 4) is 11.5 Å². The Balaban J connectivity index is 1.53. The van der Waals surface area contributed by atoms with Crippen LogP contribution in [0.5, 0.6) is 11.5 Å². The van der Waals surface area contributed by atoms with Crippen LogP contribution in [0.25, 0.3) is 0 Å². The van der Waals surface area contributed by atoms with Gasteiger partial charge in [-0.25, -0.2) is 0 Å². The number of rotatable bonds is 13. The summed E-state index contributed by atoms with van der Waals surface area (Å²) < 4.78 is 11.7. The van der Waals surface area contributed by atoms with Crippen LogP contribution in [-0.2, 0) is 0 Å². The molecule has 0 aromatic heterocycles. The van der Waals surface area contributed by atoms with Gasteiger partial charge in [0.15, 0.2) is 0 Å². The number of unbranched alkanes of at least 4 members (excludes halogenated alkanes) is 3. The molecule has 0 aliphatic heterocycles. The standard InChI is InChI=1S/C24H40O2/c1-3-5-7-19-25-23-15-17-24(18-16-23)26-20-8-10-22-13-11-21(12-14-22)9-6-4-2/h15-18,21-22H,3-14,19-20H2,1-2H3. The van der Waals surface area contributed by atoms with E-state index in [4.69, 9.17) is 9.47 Å². The molecule has 1 aliphatic carbocycles. The topological polar surface area (TPSA) is 18.5 Å². The molecule has 0 heterocycles. The quantitative estimate of drug-likeness (QED) is 0.341. The third-order valence-electron chi connectivity index (χ3n) is 5.80. The van der Waals surface area contributed by atoms with Crippen LogP contribution in [0.4, 0.5) is 0 Å². The minimum absolute atomic E-state index is 0.814.